The average molecular weight is 376 g/mol. The monoisotopic (exact) mass is 376 g/mol. The van der Waals surface area contributed by atoms with Crippen LogP contribution in [0.2, 0.25) is 0 Å². The first-order chi connectivity index (χ1) is 11.3. The number of unbranched alkanes of at least 4 members (excludes halogenated alkanes) is 2. The van der Waals surface area contributed by atoms with E-state index in [0.717, 1.165) is 30.4 Å². The maximum Gasteiger partial charge on any atom is 0.273 e. The standard InChI is InChI=1S/C14H20N2O6S2/c1-3-4-5-6-7-15-13(18)12-8-16-14(23-12)21-9-11(17)10-22-24(2,19)20/h1,8,11,17H,4-7,9-10H2,2H3,(H,15,18). The fraction of sp³-hybridized carbons (Fsp3) is 0.571. The smallest absolute Gasteiger partial charge is 0.273 e. The van der Waals surface area contributed by atoms with Crippen molar-refractivity contribution in [2.24, 2.45) is 0 Å². The van der Waals surface area contributed by atoms with Gasteiger partial charge in [-0.1, -0.05) is 11.3 Å². The van der Waals surface area contributed by atoms with Crippen LogP contribution < -0.4 is 10.1 Å². The van der Waals surface area contributed by atoms with Crippen LogP contribution in [0.25, 0.3) is 0 Å². The van der Waals surface area contributed by atoms with Crippen LogP contribution in [-0.4, -0.2) is 56.5 Å². The van der Waals surface area contributed by atoms with Crippen molar-refractivity contribution in [3.05, 3.63) is 11.1 Å². The van der Waals surface area contributed by atoms with Crippen LogP contribution in [0, 0.1) is 12.3 Å². The number of carbonyl (C=O) groups excluding carboxylic acids is 1. The third-order valence-electron chi connectivity index (χ3n) is 2.62. The van der Waals surface area contributed by atoms with Crippen molar-refractivity contribution in [3.63, 3.8) is 0 Å². The van der Waals surface area contributed by atoms with E-state index in [1.54, 1.807) is 0 Å². The van der Waals surface area contributed by atoms with E-state index in [1.165, 1.54) is 6.20 Å². The van der Waals surface area contributed by atoms with E-state index < -0.39 is 22.8 Å². The van der Waals surface area contributed by atoms with Gasteiger partial charge in [0, 0.05) is 13.0 Å². The second-order valence-electron chi connectivity index (χ2n) is 4.86. The van der Waals surface area contributed by atoms with Gasteiger partial charge in [-0.05, 0) is 12.8 Å². The van der Waals surface area contributed by atoms with Gasteiger partial charge in [0.2, 0.25) is 0 Å². The van der Waals surface area contributed by atoms with Gasteiger partial charge < -0.3 is 15.2 Å². The number of terminal acetylenes is 1. The lowest BCUT2D eigenvalue weighted by Crippen LogP contribution is -2.25. The van der Waals surface area contributed by atoms with Crippen LogP contribution in [0.1, 0.15) is 28.9 Å². The molecule has 1 unspecified atom stereocenters. The minimum Gasteiger partial charge on any atom is -0.467 e. The SMILES string of the molecule is C#CCCCCNC(=O)c1cnc(OCC(O)COS(C)(=O)=O)s1. The van der Waals surface area contributed by atoms with E-state index in [2.05, 4.69) is 20.4 Å². The van der Waals surface area contributed by atoms with Crippen molar-refractivity contribution in [2.75, 3.05) is 26.0 Å². The number of aliphatic hydroxyl groups excluding tert-OH is 1. The van der Waals surface area contributed by atoms with Crippen LogP contribution >= 0.6 is 11.3 Å². The summed E-state index contributed by atoms with van der Waals surface area (Å²) in [7, 11) is -3.62. The highest BCUT2D eigenvalue weighted by atomic mass is 32.2. The summed E-state index contributed by atoms with van der Waals surface area (Å²) >= 11 is 1.03. The minimum atomic E-state index is -3.62. The highest BCUT2D eigenvalue weighted by Crippen LogP contribution is 2.20. The topological polar surface area (TPSA) is 115 Å². The molecule has 0 saturated heterocycles. The highest BCUT2D eigenvalue weighted by Gasteiger charge is 2.14. The zero-order chi connectivity index (χ0) is 18.0. The molecule has 0 aliphatic rings. The van der Waals surface area contributed by atoms with Gasteiger partial charge in [0.05, 0.1) is 19.1 Å². The predicted molar refractivity (Wildman–Crippen MR) is 89.4 cm³/mol. The number of rotatable bonds is 11. The lowest BCUT2D eigenvalue weighted by Gasteiger charge is -2.09. The summed E-state index contributed by atoms with van der Waals surface area (Å²) < 4.78 is 31.2. The molecule has 1 amide bonds. The molecule has 0 radical (unpaired) electrons. The molecule has 2 N–H and O–H groups in total. The van der Waals surface area contributed by atoms with Gasteiger partial charge in [0.25, 0.3) is 21.2 Å². The first kappa shape index (κ1) is 20.4. The highest BCUT2D eigenvalue weighted by molar-refractivity contribution is 7.85. The molecule has 0 saturated carbocycles. The van der Waals surface area contributed by atoms with Crippen LogP contribution in [0.3, 0.4) is 0 Å². The van der Waals surface area contributed by atoms with Gasteiger partial charge in [-0.2, -0.15) is 8.42 Å². The maximum atomic E-state index is 11.9. The third kappa shape index (κ3) is 8.83. The fourth-order valence-corrected chi connectivity index (χ4v) is 2.58. The Labute approximate surface area is 145 Å². The Morgan fingerprint density at radius 3 is 2.92 bits per heavy atom. The van der Waals surface area contributed by atoms with Crippen molar-refractivity contribution < 1.29 is 27.2 Å². The Bertz CT molecular complexity index is 665. The summed E-state index contributed by atoms with van der Waals surface area (Å²) in [4.78, 5) is 16.2. The van der Waals surface area contributed by atoms with E-state index in [-0.39, 0.29) is 17.7 Å². The Balaban J connectivity index is 2.32. The van der Waals surface area contributed by atoms with Crippen molar-refractivity contribution in [3.8, 4) is 17.5 Å². The maximum absolute atomic E-state index is 11.9. The van der Waals surface area contributed by atoms with E-state index in [0.29, 0.717) is 17.8 Å². The molecule has 1 aromatic heterocycles. The molecule has 0 aliphatic carbocycles. The molecule has 134 valence electrons. The largest absolute Gasteiger partial charge is 0.467 e. The molecule has 0 aromatic carbocycles. The number of nitrogens with one attached hydrogen (secondary N) is 1. The Hall–Kier alpha value is -1.67. The molecule has 1 atom stereocenters. The van der Waals surface area contributed by atoms with Crippen molar-refractivity contribution >= 4 is 27.4 Å². The predicted octanol–water partition coefficient (Wildman–Crippen LogP) is 0.392. The van der Waals surface area contributed by atoms with Crippen molar-refractivity contribution in [2.45, 2.75) is 25.4 Å². The number of amides is 1. The number of ether oxygens (including phenoxy) is 1. The molecule has 1 heterocycles. The summed E-state index contributed by atoms with van der Waals surface area (Å²) in [5, 5.41) is 12.5. The fourth-order valence-electron chi connectivity index (χ4n) is 1.49. The molecular weight excluding hydrogens is 356 g/mol. The van der Waals surface area contributed by atoms with Crippen LogP contribution in [0.5, 0.6) is 5.19 Å². The molecule has 0 fully saturated rings. The van der Waals surface area contributed by atoms with Gasteiger partial charge in [0.15, 0.2) is 0 Å². The van der Waals surface area contributed by atoms with Gasteiger partial charge in [-0.25, -0.2) is 4.98 Å². The molecule has 8 nitrogen and oxygen atoms in total. The van der Waals surface area contributed by atoms with Crippen LogP contribution in [-0.2, 0) is 14.3 Å². The number of thiazole rings is 1. The quantitative estimate of drug-likeness (QED) is 0.326. The summed E-state index contributed by atoms with van der Waals surface area (Å²) in [5.41, 5.74) is 0. The zero-order valence-electron chi connectivity index (χ0n) is 13.2. The molecule has 24 heavy (non-hydrogen) atoms. The molecule has 1 aromatic rings. The molecule has 10 heteroatoms. The summed E-state index contributed by atoms with van der Waals surface area (Å²) in [5.74, 6) is 2.27. The van der Waals surface area contributed by atoms with Gasteiger partial charge in [0.1, 0.15) is 17.6 Å². The molecular formula is C14H20N2O6S2. The Morgan fingerprint density at radius 1 is 1.50 bits per heavy atom. The summed E-state index contributed by atoms with van der Waals surface area (Å²) in [6, 6.07) is 0. The second-order valence-corrected chi connectivity index (χ2v) is 7.50. The Morgan fingerprint density at radius 2 is 2.25 bits per heavy atom. The van der Waals surface area contributed by atoms with E-state index in [9.17, 15) is 18.3 Å². The molecule has 1 rings (SSSR count). The number of hydrogen-bond acceptors (Lipinski definition) is 8. The Kier molecular flexibility index (Phi) is 8.70. The zero-order valence-corrected chi connectivity index (χ0v) is 14.9. The first-order valence-corrected chi connectivity index (χ1v) is 9.78. The van der Waals surface area contributed by atoms with Gasteiger partial charge >= 0.3 is 0 Å². The lowest BCUT2D eigenvalue weighted by molar-refractivity contribution is 0.0651. The molecule has 0 spiro atoms. The lowest BCUT2D eigenvalue weighted by atomic mass is 10.2. The van der Waals surface area contributed by atoms with E-state index >= 15 is 0 Å². The summed E-state index contributed by atoms with van der Waals surface area (Å²) in [6.07, 6.45) is 8.60. The van der Waals surface area contributed by atoms with Crippen molar-refractivity contribution in [1.29, 1.82) is 0 Å². The number of aromatic nitrogens is 1. The summed E-state index contributed by atoms with van der Waals surface area (Å²) in [6.45, 7) is -0.0818. The normalized spacial score (nSPS) is 12.4. The molecule has 0 bridgehead atoms. The van der Waals surface area contributed by atoms with E-state index in [4.69, 9.17) is 11.2 Å². The number of carbonyl (C=O) groups is 1. The average Bonchev–Trinajstić information content (AvgIpc) is 2.99. The van der Waals surface area contributed by atoms with Gasteiger partial charge in [-0.3, -0.25) is 8.98 Å². The number of aliphatic hydroxyl groups is 1. The number of hydrogen-bond donors (Lipinski definition) is 2. The van der Waals surface area contributed by atoms with Gasteiger partial charge in [-0.15, -0.1) is 12.3 Å². The number of nitrogens with zero attached hydrogens (tertiary/aromatic N) is 1. The first-order valence-electron chi connectivity index (χ1n) is 7.14. The van der Waals surface area contributed by atoms with Crippen LogP contribution in [0.15, 0.2) is 6.20 Å². The third-order valence-corrected chi connectivity index (χ3v) is 4.09. The molecule has 0 aliphatic heterocycles. The van der Waals surface area contributed by atoms with E-state index in [1.807, 2.05) is 0 Å². The van der Waals surface area contributed by atoms with Crippen LogP contribution in [0.4, 0.5) is 0 Å². The minimum absolute atomic E-state index is 0.198. The van der Waals surface area contributed by atoms with Crippen molar-refractivity contribution in [1.82, 2.24) is 10.3 Å². The second kappa shape index (κ2) is 10.2.